The largest absolute Gasteiger partial charge is 0.493 e. The Morgan fingerprint density at radius 1 is 1.31 bits per heavy atom. The van der Waals surface area contributed by atoms with Gasteiger partial charge in [-0.1, -0.05) is 13.8 Å². The number of methoxy groups -OCH3 is 1. The van der Waals surface area contributed by atoms with E-state index in [2.05, 4.69) is 29.7 Å². The van der Waals surface area contributed by atoms with Gasteiger partial charge in [0.25, 0.3) is 5.91 Å². The summed E-state index contributed by atoms with van der Waals surface area (Å²) in [6.45, 7) is 7.92. The standard InChI is InChI=1S/C20H28N4O5/c1-13(2)12-29-15-7-6-14(10-16(15)28-5)11-21-23-17(25)8-9-24-18(26)20(3,4)22-19(24)27/h6-7,10-11,13H,8-9,12H2,1-5H3,(H,22,27)(H,23,25)/b21-11-. The maximum Gasteiger partial charge on any atom is 0.325 e. The SMILES string of the molecule is COc1cc(/C=N\NC(=O)CCN2C(=O)NC(C)(C)C2=O)ccc1OCC(C)C. The summed E-state index contributed by atoms with van der Waals surface area (Å²) in [5.74, 6) is 0.839. The number of carbonyl (C=O) groups excluding carboxylic acids is 3. The van der Waals surface area contributed by atoms with Gasteiger partial charge in [-0.2, -0.15) is 5.10 Å². The number of hydrazone groups is 1. The van der Waals surface area contributed by atoms with Crippen molar-refractivity contribution in [3.63, 3.8) is 0 Å². The molecule has 0 bridgehead atoms. The van der Waals surface area contributed by atoms with Crippen LogP contribution in [0.25, 0.3) is 0 Å². The first-order valence-electron chi connectivity index (χ1n) is 9.41. The fraction of sp³-hybridized carbons (Fsp3) is 0.500. The second-order valence-electron chi connectivity index (χ2n) is 7.67. The zero-order valence-corrected chi connectivity index (χ0v) is 17.4. The fourth-order valence-electron chi connectivity index (χ4n) is 2.61. The first kappa shape index (κ1) is 22.2. The lowest BCUT2D eigenvalue weighted by molar-refractivity contribution is -0.130. The Morgan fingerprint density at radius 3 is 2.62 bits per heavy atom. The summed E-state index contributed by atoms with van der Waals surface area (Å²) >= 11 is 0. The lowest BCUT2D eigenvalue weighted by Crippen LogP contribution is -2.40. The zero-order valence-electron chi connectivity index (χ0n) is 17.4. The maximum absolute atomic E-state index is 12.1. The maximum atomic E-state index is 12.1. The van der Waals surface area contributed by atoms with Crippen LogP contribution < -0.4 is 20.2 Å². The van der Waals surface area contributed by atoms with Gasteiger partial charge in [0, 0.05) is 13.0 Å². The smallest absolute Gasteiger partial charge is 0.325 e. The molecule has 1 heterocycles. The molecule has 0 aromatic heterocycles. The first-order valence-corrected chi connectivity index (χ1v) is 9.41. The van der Waals surface area contributed by atoms with Crippen LogP contribution in [0.1, 0.15) is 39.7 Å². The topological polar surface area (TPSA) is 109 Å². The van der Waals surface area contributed by atoms with Crippen molar-refractivity contribution >= 4 is 24.1 Å². The Bertz CT molecular complexity index is 804. The van der Waals surface area contributed by atoms with Crippen LogP contribution in [0.5, 0.6) is 11.5 Å². The third-order valence-corrected chi connectivity index (χ3v) is 4.17. The predicted molar refractivity (Wildman–Crippen MR) is 108 cm³/mol. The van der Waals surface area contributed by atoms with E-state index in [9.17, 15) is 14.4 Å². The number of hydrogen-bond acceptors (Lipinski definition) is 6. The zero-order chi connectivity index (χ0) is 21.6. The van der Waals surface area contributed by atoms with Gasteiger partial charge in [0.15, 0.2) is 11.5 Å². The quantitative estimate of drug-likeness (QED) is 0.371. The Morgan fingerprint density at radius 2 is 2.03 bits per heavy atom. The summed E-state index contributed by atoms with van der Waals surface area (Å²) in [6.07, 6.45) is 1.43. The molecule has 29 heavy (non-hydrogen) atoms. The molecule has 9 heteroatoms. The Hall–Kier alpha value is -3.10. The van der Waals surface area contributed by atoms with Gasteiger partial charge < -0.3 is 14.8 Å². The van der Waals surface area contributed by atoms with Crippen LogP contribution in [-0.4, -0.2) is 54.8 Å². The summed E-state index contributed by atoms with van der Waals surface area (Å²) in [5, 5.41) is 6.47. The number of carbonyl (C=O) groups is 3. The second kappa shape index (κ2) is 9.40. The van der Waals surface area contributed by atoms with Gasteiger partial charge in [-0.05, 0) is 43.5 Å². The van der Waals surface area contributed by atoms with Crippen molar-refractivity contribution in [3.05, 3.63) is 23.8 Å². The van der Waals surface area contributed by atoms with Crippen molar-refractivity contribution in [3.8, 4) is 11.5 Å². The molecule has 0 atom stereocenters. The van der Waals surface area contributed by atoms with Gasteiger partial charge >= 0.3 is 6.03 Å². The molecule has 2 rings (SSSR count). The van der Waals surface area contributed by atoms with Gasteiger partial charge in [0.2, 0.25) is 5.91 Å². The molecule has 0 spiro atoms. The van der Waals surface area contributed by atoms with E-state index in [1.165, 1.54) is 6.21 Å². The molecule has 1 fully saturated rings. The van der Waals surface area contributed by atoms with Gasteiger partial charge in [-0.25, -0.2) is 10.2 Å². The molecule has 1 aliphatic rings. The molecule has 158 valence electrons. The van der Waals surface area contributed by atoms with E-state index < -0.39 is 17.5 Å². The minimum atomic E-state index is -0.949. The van der Waals surface area contributed by atoms with Crippen molar-refractivity contribution in [2.24, 2.45) is 11.0 Å². The highest BCUT2D eigenvalue weighted by Gasteiger charge is 2.43. The second-order valence-corrected chi connectivity index (χ2v) is 7.67. The minimum absolute atomic E-state index is 0.00877. The van der Waals surface area contributed by atoms with Crippen molar-refractivity contribution in [2.75, 3.05) is 20.3 Å². The van der Waals surface area contributed by atoms with Crippen molar-refractivity contribution in [1.29, 1.82) is 0 Å². The van der Waals surface area contributed by atoms with Crippen LogP contribution in [0.3, 0.4) is 0 Å². The van der Waals surface area contributed by atoms with E-state index in [1.54, 1.807) is 39.2 Å². The van der Waals surface area contributed by atoms with Gasteiger partial charge in [0.1, 0.15) is 5.54 Å². The van der Waals surface area contributed by atoms with Crippen LogP contribution >= 0.6 is 0 Å². The minimum Gasteiger partial charge on any atom is -0.493 e. The van der Waals surface area contributed by atoms with E-state index in [0.29, 0.717) is 24.0 Å². The summed E-state index contributed by atoms with van der Waals surface area (Å²) in [4.78, 5) is 36.9. The van der Waals surface area contributed by atoms with E-state index in [-0.39, 0.29) is 18.9 Å². The fourth-order valence-corrected chi connectivity index (χ4v) is 2.61. The third-order valence-electron chi connectivity index (χ3n) is 4.17. The molecule has 1 aromatic carbocycles. The first-order chi connectivity index (χ1) is 13.6. The number of urea groups is 1. The normalized spacial score (nSPS) is 15.7. The lowest BCUT2D eigenvalue weighted by Gasteiger charge is -2.15. The predicted octanol–water partition coefficient (Wildman–Crippen LogP) is 1.90. The molecular weight excluding hydrogens is 376 g/mol. The van der Waals surface area contributed by atoms with Crippen molar-refractivity contribution in [2.45, 2.75) is 39.7 Å². The summed E-state index contributed by atoms with van der Waals surface area (Å²) < 4.78 is 11.0. The highest BCUT2D eigenvalue weighted by atomic mass is 16.5. The van der Waals surface area contributed by atoms with Crippen LogP contribution in [-0.2, 0) is 9.59 Å². The highest BCUT2D eigenvalue weighted by molar-refractivity contribution is 6.06. The Kier molecular flexibility index (Phi) is 7.19. The molecule has 0 unspecified atom stereocenters. The number of nitrogens with one attached hydrogen (secondary N) is 2. The number of hydrogen-bond donors (Lipinski definition) is 2. The average molecular weight is 404 g/mol. The number of ether oxygens (including phenoxy) is 2. The van der Waals surface area contributed by atoms with E-state index >= 15 is 0 Å². The van der Waals surface area contributed by atoms with Crippen LogP contribution in [0.15, 0.2) is 23.3 Å². The molecular formula is C20H28N4O5. The van der Waals surface area contributed by atoms with E-state index in [0.717, 1.165) is 10.5 Å². The van der Waals surface area contributed by atoms with Gasteiger partial charge in [0.05, 0.1) is 19.9 Å². The lowest BCUT2D eigenvalue weighted by atomic mass is 10.1. The summed E-state index contributed by atoms with van der Waals surface area (Å²) in [5.41, 5.74) is 2.16. The van der Waals surface area contributed by atoms with Crippen LogP contribution in [0, 0.1) is 5.92 Å². The molecule has 9 nitrogen and oxygen atoms in total. The summed E-state index contributed by atoms with van der Waals surface area (Å²) in [7, 11) is 1.55. The van der Waals surface area contributed by atoms with Crippen LogP contribution in [0.2, 0.25) is 0 Å². The molecule has 0 aliphatic carbocycles. The van der Waals surface area contributed by atoms with Crippen molar-refractivity contribution in [1.82, 2.24) is 15.6 Å². The number of imide groups is 1. The van der Waals surface area contributed by atoms with E-state index in [1.807, 2.05) is 0 Å². The Balaban J connectivity index is 1.87. The van der Waals surface area contributed by atoms with Crippen LogP contribution in [0.4, 0.5) is 4.79 Å². The average Bonchev–Trinajstić information content (AvgIpc) is 2.85. The van der Waals surface area contributed by atoms with Crippen molar-refractivity contribution < 1.29 is 23.9 Å². The number of rotatable bonds is 9. The van der Waals surface area contributed by atoms with Gasteiger partial charge in [-0.3, -0.25) is 14.5 Å². The van der Waals surface area contributed by atoms with E-state index in [4.69, 9.17) is 9.47 Å². The number of amides is 4. The molecule has 0 saturated carbocycles. The summed E-state index contributed by atoms with van der Waals surface area (Å²) in [6, 6.07) is 4.83. The molecule has 0 radical (unpaired) electrons. The number of nitrogens with zero attached hydrogens (tertiary/aromatic N) is 2. The third kappa shape index (κ3) is 5.94. The highest BCUT2D eigenvalue weighted by Crippen LogP contribution is 2.28. The molecule has 1 aliphatic heterocycles. The molecule has 2 N–H and O–H groups in total. The van der Waals surface area contributed by atoms with Gasteiger partial charge in [-0.15, -0.1) is 0 Å². The number of benzene rings is 1. The molecule has 1 aromatic rings. The Labute approximate surface area is 170 Å². The molecule has 4 amide bonds. The monoisotopic (exact) mass is 404 g/mol. The molecule has 1 saturated heterocycles.